The van der Waals surface area contributed by atoms with E-state index in [1.165, 1.54) is 37.9 Å². The van der Waals surface area contributed by atoms with E-state index >= 15 is 0 Å². The van der Waals surface area contributed by atoms with Crippen LogP contribution in [0.25, 0.3) is 0 Å². The predicted molar refractivity (Wildman–Crippen MR) is 115 cm³/mol. The quantitative estimate of drug-likeness (QED) is 0.328. The van der Waals surface area contributed by atoms with Crippen LogP contribution in [0.5, 0.6) is 0 Å². The lowest BCUT2D eigenvalue weighted by molar-refractivity contribution is -0.927. The van der Waals surface area contributed by atoms with E-state index < -0.39 is 0 Å². The van der Waals surface area contributed by atoms with Crippen molar-refractivity contribution in [3.63, 3.8) is 0 Å². The summed E-state index contributed by atoms with van der Waals surface area (Å²) < 4.78 is 1.16. The normalized spacial score (nSPS) is 16.9. The maximum atomic E-state index is 12.5. The minimum absolute atomic E-state index is 0. The molecule has 3 nitrogen and oxygen atoms in total. The van der Waals surface area contributed by atoms with E-state index in [0.29, 0.717) is 5.92 Å². The van der Waals surface area contributed by atoms with Gasteiger partial charge in [-0.25, -0.2) is 0 Å². The van der Waals surface area contributed by atoms with Gasteiger partial charge in [-0.3, -0.25) is 4.79 Å². The summed E-state index contributed by atoms with van der Waals surface area (Å²) in [6.45, 7) is 15.9. The van der Waals surface area contributed by atoms with Crippen molar-refractivity contribution in [2.24, 2.45) is 5.92 Å². The fourth-order valence-electron chi connectivity index (χ4n) is 4.30. The number of likely N-dealkylation sites (tertiary alicyclic amines) is 1. The van der Waals surface area contributed by atoms with Crippen LogP contribution in [0.4, 0.5) is 0 Å². The third-order valence-corrected chi connectivity index (χ3v) is 5.91. The highest BCUT2D eigenvalue weighted by atomic mass is 79.9. The first-order valence-electron chi connectivity index (χ1n) is 10.8. The van der Waals surface area contributed by atoms with E-state index in [4.69, 9.17) is 0 Å². The number of hydrogen-bond donors (Lipinski definition) is 1. The smallest absolute Gasteiger partial charge is 0.227 e. The summed E-state index contributed by atoms with van der Waals surface area (Å²) in [5.74, 6) is 0.702. The molecule has 1 unspecified atom stereocenters. The summed E-state index contributed by atoms with van der Waals surface area (Å²) in [6, 6.07) is 8.55. The van der Waals surface area contributed by atoms with Crippen LogP contribution in [0.15, 0.2) is 36.9 Å². The average molecular weight is 451 g/mol. The zero-order valence-corrected chi connectivity index (χ0v) is 19.6. The number of benzene rings is 1. The summed E-state index contributed by atoms with van der Waals surface area (Å²) in [5.41, 5.74) is 2.45. The fourth-order valence-corrected chi connectivity index (χ4v) is 4.30. The molecular weight excluding hydrogens is 412 g/mol. The van der Waals surface area contributed by atoms with Gasteiger partial charge in [-0.05, 0) is 55.7 Å². The topological polar surface area (TPSA) is 29.1 Å². The molecule has 1 heterocycles. The van der Waals surface area contributed by atoms with Crippen LogP contribution in [0, 0.1) is 5.92 Å². The fraction of sp³-hybridized carbons (Fsp3) is 0.625. The van der Waals surface area contributed by atoms with Crippen molar-refractivity contribution in [2.45, 2.75) is 58.8 Å². The van der Waals surface area contributed by atoms with Gasteiger partial charge in [0, 0.05) is 13.0 Å². The summed E-state index contributed by atoms with van der Waals surface area (Å²) in [7, 11) is 0. The molecule has 28 heavy (non-hydrogen) atoms. The van der Waals surface area contributed by atoms with Gasteiger partial charge in [0.05, 0.1) is 32.1 Å². The molecule has 1 aliphatic heterocycles. The van der Waals surface area contributed by atoms with Crippen LogP contribution in [0.1, 0.15) is 63.5 Å². The lowest BCUT2D eigenvalue weighted by Gasteiger charge is -2.41. The zero-order chi connectivity index (χ0) is 19.7. The molecule has 1 N–H and O–H groups in total. The first-order valence-corrected chi connectivity index (χ1v) is 10.8. The van der Waals surface area contributed by atoms with Crippen molar-refractivity contribution in [1.82, 2.24) is 5.32 Å². The Morgan fingerprint density at radius 1 is 1.14 bits per heavy atom. The van der Waals surface area contributed by atoms with Crippen molar-refractivity contribution in [2.75, 3.05) is 32.7 Å². The number of quaternary nitrogens is 1. The summed E-state index contributed by atoms with van der Waals surface area (Å²) in [5, 5.41) is 3.15. The Balaban J connectivity index is 0.00000392. The largest absolute Gasteiger partial charge is 1.00 e. The molecule has 1 saturated heterocycles. The molecule has 1 aliphatic rings. The number of piperidine rings is 1. The van der Waals surface area contributed by atoms with Crippen molar-refractivity contribution in [3.05, 3.63) is 48.0 Å². The second-order valence-electron chi connectivity index (χ2n) is 8.75. The molecule has 0 aliphatic carbocycles. The van der Waals surface area contributed by atoms with Gasteiger partial charge in [0.25, 0.3) is 0 Å². The minimum Gasteiger partial charge on any atom is -1.00 e. The van der Waals surface area contributed by atoms with Crippen LogP contribution in [-0.4, -0.2) is 43.1 Å². The Morgan fingerprint density at radius 2 is 1.79 bits per heavy atom. The Morgan fingerprint density at radius 3 is 2.36 bits per heavy atom. The molecule has 0 saturated carbocycles. The van der Waals surface area contributed by atoms with E-state index in [1.807, 2.05) is 6.92 Å². The second kappa shape index (κ2) is 12.4. The molecule has 0 bridgehead atoms. The number of carbonyl (C=O) groups is 1. The molecule has 1 fully saturated rings. The molecule has 0 spiro atoms. The number of nitrogens with one attached hydrogen (secondary N) is 1. The number of hydrogen-bond acceptors (Lipinski definition) is 1. The Hall–Kier alpha value is -1.13. The van der Waals surface area contributed by atoms with E-state index in [-0.39, 0.29) is 28.8 Å². The number of halogens is 1. The SMILES string of the molecule is C=CC[N+]1(CCCNC(=O)C(C)c2ccc(CC(C)C)cc2)CCCCC1.[Br-]. The summed E-state index contributed by atoms with van der Waals surface area (Å²) >= 11 is 0. The van der Waals surface area contributed by atoms with Crippen molar-refractivity contribution in [3.8, 4) is 0 Å². The van der Waals surface area contributed by atoms with E-state index in [1.54, 1.807) is 0 Å². The Labute approximate surface area is 182 Å². The van der Waals surface area contributed by atoms with Gasteiger partial charge in [0.2, 0.25) is 5.91 Å². The van der Waals surface area contributed by atoms with Crippen LogP contribution in [0.2, 0.25) is 0 Å². The van der Waals surface area contributed by atoms with Gasteiger partial charge in [0.15, 0.2) is 0 Å². The van der Waals surface area contributed by atoms with Crippen LogP contribution < -0.4 is 22.3 Å². The summed E-state index contributed by atoms with van der Waals surface area (Å²) in [4.78, 5) is 12.5. The molecule has 1 aromatic carbocycles. The van der Waals surface area contributed by atoms with Gasteiger partial charge < -0.3 is 26.8 Å². The third kappa shape index (κ3) is 7.71. The standard InChI is InChI=1S/C24H38N2O.BrH/c1-5-15-26(16-7-6-8-17-26)18-9-14-25-24(27)21(4)23-12-10-22(11-13-23)19-20(2)3;/h5,10-13,20-21H,1,6-9,14-19H2,2-4H3;1H. The number of amides is 1. The number of carbonyl (C=O) groups excluding carboxylic acids is 1. The van der Waals surface area contributed by atoms with Gasteiger partial charge in [0.1, 0.15) is 0 Å². The maximum absolute atomic E-state index is 12.5. The predicted octanol–water partition coefficient (Wildman–Crippen LogP) is 1.69. The van der Waals surface area contributed by atoms with E-state index in [2.05, 4.69) is 56.1 Å². The zero-order valence-electron chi connectivity index (χ0n) is 18.1. The molecular formula is C24H39BrN2O. The summed E-state index contributed by atoms with van der Waals surface area (Å²) in [6.07, 6.45) is 8.20. The van der Waals surface area contributed by atoms with Gasteiger partial charge in [-0.1, -0.05) is 44.7 Å². The van der Waals surface area contributed by atoms with E-state index in [9.17, 15) is 4.79 Å². The third-order valence-electron chi connectivity index (χ3n) is 5.91. The van der Waals surface area contributed by atoms with Gasteiger partial charge in [-0.15, -0.1) is 0 Å². The van der Waals surface area contributed by atoms with Crippen LogP contribution in [-0.2, 0) is 11.2 Å². The van der Waals surface area contributed by atoms with Crippen LogP contribution in [0.3, 0.4) is 0 Å². The minimum atomic E-state index is -0.0931. The van der Waals surface area contributed by atoms with Crippen LogP contribution >= 0.6 is 0 Å². The first-order chi connectivity index (χ1) is 13.0. The first kappa shape index (κ1) is 24.9. The van der Waals surface area contributed by atoms with Gasteiger partial charge in [-0.2, -0.15) is 0 Å². The second-order valence-corrected chi connectivity index (χ2v) is 8.75. The lowest BCUT2D eigenvalue weighted by Crippen LogP contribution is -3.00. The molecule has 158 valence electrons. The molecule has 4 heteroatoms. The van der Waals surface area contributed by atoms with Crippen molar-refractivity contribution in [1.29, 1.82) is 0 Å². The molecule has 1 atom stereocenters. The molecule has 0 radical (unpaired) electrons. The lowest BCUT2D eigenvalue weighted by atomic mass is 9.96. The Kier molecular flexibility index (Phi) is 11.1. The average Bonchev–Trinajstić information content (AvgIpc) is 2.66. The van der Waals surface area contributed by atoms with Crippen molar-refractivity contribution < 1.29 is 26.3 Å². The molecule has 0 aromatic heterocycles. The monoisotopic (exact) mass is 450 g/mol. The number of nitrogens with zero attached hydrogens (tertiary/aromatic N) is 1. The molecule has 1 aromatic rings. The highest BCUT2D eigenvalue weighted by Gasteiger charge is 2.28. The van der Waals surface area contributed by atoms with Crippen molar-refractivity contribution >= 4 is 5.91 Å². The molecule has 2 rings (SSSR count). The van der Waals surface area contributed by atoms with Gasteiger partial charge >= 0.3 is 0 Å². The highest BCUT2D eigenvalue weighted by Crippen LogP contribution is 2.20. The van der Waals surface area contributed by atoms with E-state index in [0.717, 1.165) is 42.5 Å². The number of rotatable bonds is 10. The Bertz CT molecular complexity index is 591. The highest BCUT2D eigenvalue weighted by molar-refractivity contribution is 5.83. The molecule has 1 amide bonds. The maximum Gasteiger partial charge on any atom is 0.227 e.